The van der Waals surface area contributed by atoms with E-state index in [1.807, 2.05) is 59.2 Å². The lowest BCUT2D eigenvalue weighted by Crippen LogP contribution is -2.15. The summed E-state index contributed by atoms with van der Waals surface area (Å²) in [6.45, 7) is 0. The fraction of sp³-hybridized carbons (Fsp3) is 0.0870. The second-order valence-electron chi connectivity index (χ2n) is 6.76. The third kappa shape index (κ3) is 5.28. The average molecular weight is 520 g/mol. The zero-order valence-corrected chi connectivity index (χ0v) is 20.3. The number of aromatic nitrogens is 3. The lowest BCUT2D eigenvalue weighted by molar-refractivity contribution is -0.113. The number of anilines is 1. The van der Waals surface area contributed by atoms with E-state index in [4.69, 9.17) is 39.5 Å². The number of halogens is 3. The first-order valence-electron chi connectivity index (χ1n) is 9.69. The fourth-order valence-electron chi connectivity index (χ4n) is 3.14. The van der Waals surface area contributed by atoms with Gasteiger partial charge in [0.25, 0.3) is 0 Å². The van der Waals surface area contributed by atoms with Crippen LogP contribution in [-0.4, -0.2) is 33.5 Å². The number of carbonyl (C=O) groups is 1. The van der Waals surface area contributed by atoms with E-state index < -0.39 is 0 Å². The summed E-state index contributed by atoms with van der Waals surface area (Å²) in [6.07, 6.45) is 0. The molecular weight excluding hydrogens is 503 g/mol. The third-order valence-corrected chi connectivity index (χ3v) is 6.34. The predicted molar refractivity (Wildman–Crippen MR) is 134 cm³/mol. The Morgan fingerprint density at radius 3 is 2.36 bits per heavy atom. The zero-order valence-electron chi connectivity index (χ0n) is 17.3. The van der Waals surface area contributed by atoms with E-state index in [9.17, 15) is 4.79 Å². The molecule has 4 aromatic rings. The molecule has 0 fully saturated rings. The molecule has 0 spiro atoms. The van der Waals surface area contributed by atoms with Crippen LogP contribution in [-0.2, 0) is 4.79 Å². The molecule has 0 radical (unpaired) electrons. The van der Waals surface area contributed by atoms with Gasteiger partial charge >= 0.3 is 0 Å². The Bertz CT molecular complexity index is 1280. The van der Waals surface area contributed by atoms with E-state index in [2.05, 4.69) is 15.5 Å². The molecular formula is C23H17Cl3N4O2S. The van der Waals surface area contributed by atoms with Crippen molar-refractivity contribution in [3.8, 4) is 22.8 Å². The molecule has 1 heterocycles. The van der Waals surface area contributed by atoms with E-state index in [1.54, 1.807) is 7.11 Å². The van der Waals surface area contributed by atoms with Gasteiger partial charge in [0.2, 0.25) is 5.91 Å². The number of benzene rings is 3. The van der Waals surface area contributed by atoms with Crippen molar-refractivity contribution in [2.45, 2.75) is 5.16 Å². The first kappa shape index (κ1) is 23.4. The van der Waals surface area contributed by atoms with Crippen LogP contribution in [0.1, 0.15) is 0 Å². The van der Waals surface area contributed by atoms with Crippen LogP contribution in [0.3, 0.4) is 0 Å². The van der Waals surface area contributed by atoms with Gasteiger partial charge in [0, 0.05) is 10.6 Å². The van der Waals surface area contributed by atoms with Gasteiger partial charge in [-0.1, -0.05) is 89.0 Å². The number of hydrogen-bond acceptors (Lipinski definition) is 5. The van der Waals surface area contributed by atoms with Crippen molar-refractivity contribution < 1.29 is 9.53 Å². The van der Waals surface area contributed by atoms with Gasteiger partial charge in [-0.15, -0.1) is 10.2 Å². The van der Waals surface area contributed by atoms with Gasteiger partial charge in [-0.25, -0.2) is 0 Å². The van der Waals surface area contributed by atoms with Crippen LogP contribution in [0.4, 0.5) is 5.69 Å². The predicted octanol–water partition coefficient (Wildman–Crippen LogP) is 6.63. The number of nitrogens with one attached hydrogen (secondary N) is 1. The van der Waals surface area contributed by atoms with Crippen molar-refractivity contribution in [3.63, 3.8) is 0 Å². The molecule has 0 aliphatic heterocycles. The molecule has 3 aromatic carbocycles. The van der Waals surface area contributed by atoms with Crippen molar-refractivity contribution in [1.29, 1.82) is 0 Å². The summed E-state index contributed by atoms with van der Waals surface area (Å²) in [6, 6.07) is 20.3. The number of rotatable bonds is 7. The van der Waals surface area contributed by atoms with Crippen LogP contribution >= 0.6 is 46.6 Å². The zero-order chi connectivity index (χ0) is 23.4. The van der Waals surface area contributed by atoms with Crippen molar-refractivity contribution in [2.75, 3.05) is 18.2 Å². The minimum atomic E-state index is -0.304. The van der Waals surface area contributed by atoms with Crippen molar-refractivity contribution in [2.24, 2.45) is 0 Å². The maximum Gasteiger partial charge on any atom is 0.234 e. The number of ether oxygens (including phenoxy) is 1. The fourth-order valence-corrected chi connectivity index (χ4v) is 4.79. The average Bonchev–Trinajstić information content (AvgIpc) is 3.24. The SMILES string of the molecule is COc1ccccc1-n1c(SCC(=O)Nc2c(Cl)cc(Cl)cc2Cl)nnc1-c1ccccc1. The van der Waals surface area contributed by atoms with Gasteiger partial charge in [-0.2, -0.15) is 0 Å². The Morgan fingerprint density at radius 2 is 1.67 bits per heavy atom. The molecule has 168 valence electrons. The van der Waals surface area contributed by atoms with Crippen molar-refractivity contribution >= 4 is 58.2 Å². The molecule has 1 N–H and O–H groups in total. The highest BCUT2D eigenvalue weighted by molar-refractivity contribution is 7.99. The molecule has 0 bridgehead atoms. The quantitative estimate of drug-likeness (QED) is 0.277. The molecule has 33 heavy (non-hydrogen) atoms. The summed E-state index contributed by atoms with van der Waals surface area (Å²) >= 11 is 19.5. The molecule has 0 aliphatic rings. The number of para-hydroxylation sites is 2. The lowest BCUT2D eigenvalue weighted by atomic mass is 10.2. The van der Waals surface area contributed by atoms with E-state index in [0.717, 1.165) is 11.3 Å². The minimum absolute atomic E-state index is 0.0529. The maximum atomic E-state index is 12.7. The van der Waals surface area contributed by atoms with E-state index in [-0.39, 0.29) is 21.7 Å². The molecule has 1 aromatic heterocycles. The normalized spacial score (nSPS) is 10.8. The molecule has 0 saturated heterocycles. The molecule has 1 amide bonds. The summed E-state index contributed by atoms with van der Waals surface area (Å²) in [4.78, 5) is 12.7. The highest BCUT2D eigenvalue weighted by Gasteiger charge is 2.20. The molecule has 4 rings (SSSR count). The van der Waals surface area contributed by atoms with Crippen molar-refractivity contribution in [1.82, 2.24) is 14.8 Å². The number of hydrogen-bond donors (Lipinski definition) is 1. The van der Waals surface area contributed by atoms with Gasteiger partial charge < -0.3 is 10.1 Å². The summed E-state index contributed by atoms with van der Waals surface area (Å²) in [5.74, 6) is 1.03. The molecule has 0 atom stereocenters. The van der Waals surface area contributed by atoms with Gasteiger partial charge in [0.05, 0.1) is 34.3 Å². The smallest absolute Gasteiger partial charge is 0.234 e. The Morgan fingerprint density at radius 1 is 1.00 bits per heavy atom. The van der Waals surface area contributed by atoms with E-state index in [1.165, 1.54) is 23.9 Å². The molecule has 0 saturated carbocycles. The number of amides is 1. The second-order valence-corrected chi connectivity index (χ2v) is 8.95. The molecule has 6 nitrogen and oxygen atoms in total. The van der Waals surface area contributed by atoms with Gasteiger partial charge in [0.1, 0.15) is 5.75 Å². The first-order chi connectivity index (χ1) is 16.0. The van der Waals surface area contributed by atoms with Crippen LogP contribution in [0.2, 0.25) is 15.1 Å². The van der Waals surface area contributed by atoms with Gasteiger partial charge in [-0.05, 0) is 24.3 Å². The number of methoxy groups -OCH3 is 1. The number of carbonyl (C=O) groups excluding carboxylic acids is 1. The van der Waals surface area contributed by atoms with Crippen LogP contribution in [0.5, 0.6) is 5.75 Å². The Kier molecular flexibility index (Phi) is 7.45. The Hall–Kier alpha value is -2.71. The van der Waals surface area contributed by atoms with E-state index in [0.29, 0.717) is 27.4 Å². The van der Waals surface area contributed by atoms with Gasteiger partial charge in [0.15, 0.2) is 11.0 Å². The first-order valence-corrected chi connectivity index (χ1v) is 11.8. The number of thioether (sulfide) groups is 1. The Labute approximate surface area is 209 Å². The standard InChI is InChI=1S/C23H17Cl3N4O2S/c1-32-19-10-6-5-9-18(19)30-22(14-7-3-2-4-8-14)28-29-23(30)33-13-20(31)27-21-16(25)11-15(24)12-17(21)26/h2-12H,13H2,1H3,(H,27,31). The lowest BCUT2D eigenvalue weighted by Gasteiger charge is -2.14. The highest BCUT2D eigenvalue weighted by Crippen LogP contribution is 2.35. The monoisotopic (exact) mass is 518 g/mol. The minimum Gasteiger partial charge on any atom is -0.495 e. The molecule has 0 unspecified atom stereocenters. The molecule has 0 aliphatic carbocycles. The van der Waals surface area contributed by atoms with Gasteiger partial charge in [-0.3, -0.25) is 9.36 Å². The second kappa shape index (κ2) is 10.5. The largest absolute Gasteiger partial charge is 0.495 e. The van der Waals surface area contributed by atoms with Crippen LogP contribution in [0.25, 0.3) is 17.1 Å². The summed E-state index contributed by atoms with van der Waals surface area (Å²) < 4.78 is 7.42. The van der Waals surface area contributed by atoms with Crippen LogP contribution in [0.15, 0.2) is 71.9 Å². The Balaban J connectivity index is 1.63. The summed E-state index contributed by atoms with van der Waals surface area (Å²) in [7, 11) is 1.60. The topological polar surface area (TPSA) is 69.0 Å². The summed E-state index contributed by atoms with van der Waals surface area (Å²) in [5, 5.41) is 12.9. The third-order valence-electron chi connectivity index (χ3n) is 4.60. The molecule has 10 heteroatoms. The van der Waals surface area contributed by atoms with Crippen LogP contribution < -0.4 is 10.1 Å². The highest BCUT2D eigenvalue weighted by atomic mass is 35.5. The summed E-state index contributed by atoms with van der Waals surface area (Å²) in [5.41, 5.74) is 1.95. The van der Waals surface area contributed by atoms with Crippen LogP contribution in [0, 0.1) is 0 Å². The van der Waals surface area contributed by atoms with E-state index >= 15 is 0 Å². The maximum absolute atomic E-state index is 12.7. The number of nitrogens with zero attached hydrogens (tertiary/aromatic N) is 3. The van der Waals surface area contributed by atoms with Crippen molar-refractivity contribution in [3.05, 3.63) is 81.8 Å².